The van der Waals surface area contributed by atoms with Crippen LogP contribution < -0.4 is 10.6 Å². The largest absolute Gasteiger partial charge is 0.435 e. The van der Waals surface area contributed by atoms with Crippen LogP contribution in [0.3, 0.4) is 0 Å². The maximum atomic E-state index is 12.6. The van der Waals surface area contributed by atoms with Crippen LogP contribution in [0.5, 0.6) is 0 Å². The third kappa shape index (κ3) is 4.25. The summed E-state index contributed by atoms with van der Waals surface area (Å²) in [4.78, 5) is 16.9. The van der Waals surface area contributed by atoms with Crippen LogP contribution >= 0.6 is 11.3 Å². The van der Waals surface area contributed by atoms with Gasteiger partial charge in [0.2, 0.25) is 0 Å². The molecule has 0 atom stereocenters. The molecular weight excluding hydrogens is 343 g/mol. The van der Waals surface area contributed by atoms with Crippen LogP contribution in [0.25, 0.3) is 0 Å². The minimum atomic E-state index is -4.47. The van der Waals surface area contributed by atoms with Crippen LogP contribution in [0.1, 0.15) is 33.7 Å². The molecule has 0 aliphatic rings. The highest BCUT2D eigenvalue weighted by Gasteiger charge is 2.34. The van der Waals surface area contributed by atoms with Crippen molar-refractivity contribution >= 4 is 22.4 Å². The summed E-state index contributed by atoms with van der Waals surface area (Å²) in [7, 11) is 0. The lowest BCUT2D eigenvalue weighted by molar-refractivity contribution is -0.141. The molecule has 2 aromatic rings. The predicted octanol–water partition coefficient (Wildman–Crippen LogP) is 2.84. The topological polar surface area (TPSA) is 71.8 Å². The van der Waals surface area contributed by atoms with Crippen LogP contribution in [0.15, 0.2) is 6.07 Å². The third-order valence-electron chi connectivity index (χ3n) is 3.21. The molecule has 0 fully saturated rings. The normalized spacial score (nSPS) is 11.6. The van der Waals surface area contributed by atoms with Crippen LogP contribution in [-0.2, 0) is 12.7 Å². The quantitative estimate of drug-likeness (QED) is 0.830. The zero-order valence-electron chi connectivity index (χ0n) is 13.5. The second-order valence-corrected chi connectivity index (χ2v) is 6.11. The number of anilines is 1. The Bertz CT molecular complexity index is 723. The highest BCUT2D eigenvalue weighted by Crippen LogP contribution is 2.28. The number of thiazole rings is 1. The average molecular weight is 361 g/mol. The van der Waals surface area contributed by atoms with Crippen LogP contribution in [-0.4, -0.2) is 33.8 Å². The number of nitrogens with zero attached hydrogens (tertiary/aromatic N) is 3. The molecule has 0 radical (unpaired) electrons. The molecule has 0 aliphatic carbocycles. The first kappa shape index (κ1) is 18.2. The van der Waals surface area contributed by atoms with E-state index in [9.17, 15) is 18.0 Å². The summed E-state index contributed by atoms with van der Waals surface area (Å²) in [5, 5.41) is 9.90. The van der Waals surface area contributed by atoms with Gasteiger partial charge in [0.05, 0.1) is 12.2 Å². The van der Waals surface area contributed by atoms with E-state index in [1.807, 2.05) is 6.92 Å². The maximum Gasteiger partial charge on any atom is 0.435 e. The molecule has 0 unspecified atom stereocenters. The minimum Gasteiger partial charge on any atom is -0.362 e. The van der Waals surface area contributed by atoms with Gasteiger partial charge in [-0.25, -0.2) is 4.98 Å². The number of halogens is 3. The molecule has 0 bridgehead atoms. The first-order valence-corrected chi connectivity index (χ1v) is 8.15. The fourth-order valence-corrected chi connectivity index (χ4v) is 3.02. The molecule has 2 heterocycles. The van der Waals surface area contributed by atoms with Crippen molar-refractivity contribution in [1.29, 1.82) is 0 Å². The van der Waals surface area contributed by atoms with Gasteiger partial charge >= 0.3 is 6.18 Å². The van der Waals surface area contributed by atoms with Gasteiger partial charge in [0, 0.05) is 18.8 Å². The lowest BCUT2D eigenvalue weighted by Gasteiger charge is -2.06. The van der Waals surface area contributed by atoms with Crippen molar-refractivity contribution in [3.63, 3.8) is 0 Å². The smallest absolute Gasteiger partial charge is 0.362 e. The number of amides is 1. The van der Waals surface area contributed by atoms with Crippen LogP contribution in [0.4, 0.5) is 18.3 Å². The summed E-state index contributed by atoms with van der Waals surface area (Å²) in [5.41, 5.74) is 0.0722. The molecule has 0 aromatic carbocycles. The summed E-state index contributed by atoms with van der Waals surface area (Å²) in [6, 6.07) is 0.984. The molecule has 132 valence electrons. The average Bonchev–Trinajstić information content (AvgIpc) is 3.02. The van der Waals surface area contributed by atoms with Crippen molar-refractivity contribution in [3.8, 4) is 0 Å². The Morgan fingerprint density at radius 3 is 2.67 bits per heavy atom. The Kier molecular flexibility index (Phi) is 5.47. The molecule has 2 rings (SSSR count). The van der Waals surface area contributed by atoms with Crippen molar-refractivity contribution < 1.29 is 18.0 Å². The fraction of sp³-hybridized carbons (Fsp3) is 0.500. The molecule has 2 N–H and O–H groups in total. The molecule has 0 saturated carbocycles. The predicted molar refractivity (Wildman–Crippen MR) is 85.3 cm³/mol. The second-order valence-electron chi connectivity index (χ2n) is 5.11. The number of alkyl halides is 3. The summed E-state index contributed by atoms with van der Waals surface area (Å²) < 4.78 is 39.0. The molecular formula is C14H18F3N5OS. The van der Waals surface area contributed by atoms with Gasteiger partial charge in [0.15, 0.2) is 10.8 Å². The van der Waals surface area contributed by atoms with Crippen molar-refractivity contribution in [2.45, 2.75) is 33.5 Å². The van der Waals surface area contributed by atoms with Gasteiger partial charge in [-0.15, -0.1) is 0 Å². The minimum absolute atomic E-state index is 0.158. The molecule has 0 saturated heterocycles. The molecule has 0 spiro atoms. The Hall–Kier alpha value is -2.10. The number of hydrogen-bond acceptors (Lipinski definition) is 5. The van der Waals surface area contributed by atoms with E-state index in [2.05, 4.69) is 20.7 Å². The number of rotatable bonds is 6. The first-order valence-electron chi connectivity index (χ1n) is 7.33. The number of hydrogen-bond donors (Lipinski definition) is 2. The van der Waals surface area contributed by atoms with Gasteiger partial charge in [-0.1, -0.05) is 11.3 Å². The van der Waals surface area contributed by atoms with E-state index in [0.717, 1.165) is 6.07 Å². The van der Waals surface area contributed by atoms with Gasteiger partial charge in [-0.3, -0.25) is 9.48 Å². The zero-order valence-corrected chi connectivity index (χ0v) is 14.3. The van der Waals surface area contributed by atoms with E-state index in [0.29, 0.717) is 27.9 Å². The van der Waals surface area contributed by atoms with Crippen LogP contribution in [0, 0.1) is 13.8 Å². The van der Waals surface area contributed by atoms with E-state index in [4.69, 9.17) is 0 Å². The number of aromatic nitrogens is 3. The lowest BCUT2D eigenvalue weighted by Crippen LogP contribution is -2.27. The Labute approximate surface area is 141 Å². The van der Waals surface area contributed by atoms with Crippen molar-refractivity contribution in [3.05, 3.63) is 28.0 Å². The zero-order chi connectivity index (χ0) is 17.9. The molecule has 24 heavy (non-hydrogen) atoms. The summed E-state index contributed by atoms with van der Waals surface area (Å²) in [6.07, 6.45) is -4.47. The number of carbonyl (C=O) groups is 1. The molecule has 1 amide bonds. The van der Waals surface area contributed by atoms with Gasteiger partial charge in [0.1, 0.15) is 4.88 Å². The summed E-state index contributed by atoms with van der Waals surface area (Å²) >= 11 is 1.24. The van der Waals surface area contributed by atoms with Gasteiger partial charge in [-0.05, 0) is 26.8 Å². The number of nitrogens with one attached hydrogen (secondary N) is 2. The monoisotopic (exact) mass is 361 g/mol. The highest BCUT2D eigenvalue weighted by molar-refractivity contribution is 7.17. The molecule has 10 heteroatoms. The maximum absolute atomic E-state index is 12.6. The Morgan fingerprint density at radius 2 is 2.08 bits per heavy atom. The van der Waals surface area contributed by atoms with Crippen molar-refractivity contribution in [1.82, 2.24) is 20.1 Å². The number of aryl methyl sites for hydroxylation is 2. The lowest BCUT2D eigenvalue weighted by atomic mass is 10.3. The van der Waals surface area contributed by atoms with E-state index < -0.39 is 11.9 Å². The second kappa shape index (κ2) is 7.20. The van der Waals surface area contributed by atoms with E-state index >= 15 is 0 Å². The van der Waals surface area contributed by atoms with E-state index in [1.165, 1.54) is 16.0 Å². The van der Waals surface area contributed by atoms with Crippen molar-refractivity contribution in [2.75, 3.05) is 18.4 Å². The summed E-state index contributed by atoms with van der Waals surface area (Å²) in [6.45, 7) is 6.24. The molecule has 0 aliphatic heterocycles. The van der Waals surface area contributed by atoms with Crippen molar-refractivity contribution in [2.24, 2.45) is 0 Å². The molecule has 6 nitrogen and oxygen atoms in total. The van der Waals surface area contributed by atoms with Gasteiger partial charge in [-0.2, -0.15) is 18.3 Å². The number of carbonyl (C=O) groups excluding carboxylic acids is 1. The molecule has 2 aromatic heterocycles. The van der Waals surface area contributed by atoms with Crippen LogP contribution in [0.2, 0.25) is 0 Å². The van der Waals surface area contributed by atoms with Gasteiger partial charge in [0.25, 0.3) is 5.91 Å². The van der Waals surface area contributed by atoms with E-state index in [1.54, 1.807) is 13.8 Å². The fourth-order valence-electron chi connectivity index (χ4n) is 2.06. The summed E-state index contributed by atoms with van der Waals surface area (Å²) in [5.74, 6) is -0.296. The Morgan fingerprint density at radius 1 is 1.38 bits per heavy atom. The SMILES string of the molecule is CCNc1nc(C)c(C(=O)NCCn2nc(C(F)(F)F)cc2C)s1. The third-order valence-corrected chi connectivity index (χ3v) is 4.33. The standard InChI is InChI=1S/C14H18F3N5OS/c1-4-18-13-20-9(3)11(24-13)12(23)19-5-6-22-8(2)7-10(21-22)14(15,16)17/h7H,4-6H2,1-3H3,(H,18,20)(H,19,23). The first-order chi connectivity index (χ1) is 11.2. The van der Waals surface area contributed by atoms with E-state index in [-0.39, 0.29) is 19.0 Å². The van der Waals surface area contributed by atoms with Gasteiger partial charge < -0.3 is 10.6 Å². The Balaban J connectivity index is 1.95. The highest BCUT2D eigenvalue weighted by atomic mass is 32.1.